The lowest BCUT2D eigenvalue weighted by Gasteiger charge is -2.07. The molecule has 5 rings (SSSR count). The molecule has 8 nitrogen and oxygen atoms in total. The molecule has 0 bridgehead atoms. The van der Waals surface area contributed by atoms with Crippen molar-refractivity contribution in [3.8, 4) is 11.5 Å². The molecule has 1 amide bonds. The van der Waals surface area contributed by atoms with Crippen molar-refractivity contribution < 1.29 is 14.0 Å². The lowest BCUT2D eigenvalue weighted by atomic mass is 10.1. The third kappa shape index (κ3) is 4.85. The summed E-state index contributed by atoms with van der Waals surface area (Å²) in [6.45, 7) is 0.402. The van der Waals surface area contributed by atoms with E-state index in [4.69, 9.17) is 4.42 Å². The number of benzene rings is 1. The number of hydrogen-bond acceptors (Lipinski definition) is 7. The van der Waals surface area contributed by atoms with Gasteiger partial charge >= 0.3 is 0 Å². The van der Waals surface area contributed by atoms with Gasteiger partial charge in [-0.25, -0.2) is 4.98 Å². The molecule has 35 heavy (non-hydrogen) atoms. The fraction of sp³-hybridized carbons (Fsp3) is 0.0385. The number of hydrogen-bond donors (Lipinski definition) is 1. The van der Waals surface area contributed by atoms with Crippen molar-refractivity contribution in [2.45, 2.75) is 6.54 Å². The zero-order chi connectivity index (χ0) is 24.2. The second-order valence-corrected chi connectivity index (χ2v) is 8.54. The van der Waals surface area contributed by atoms with E-state index < -0.39 is 5.91 Å². The summed E-state index contributed by atoms with van der Waals surface area (Å²) in [6, 6.07) is 20.8. The molecule has 9 heteroatoms. The maximum Gasteiger partial charge on any atom is 0.257 e. The van der Waals surface area contributed by atoms with Crippen LogP contribution in [0.4, 0.5) is 5.13 Å². The highest BCUT2D eigenvalue weighted by atomic mass is 32.1. The third-order valence-corrected chi connectivity index (χ3v) is 6.13. The molecule has 0 unspecified atom stereocenters. The van der Waals surface area contributed by atoms with Crippen LogP contribution in [-0.4, -0.2) is 26.2 Å². The minimum atomic E-state index is -0.509. The van der Waals surface area contributed by atoms with E-state index in [0.29, 0.717) is 18.0 Å². The van der Waals surface area contributed by atoms with E-state index in [9.17, 15) is 14.4 Å². The summed E-state index contributed by atoms with van der Waals surface area (Å²) < 4.78 is 6.96. The molecule has 0 saturated carbocycles. The lowest BCUT2D eigenvalue weighted by Crippen LogP contribution is -2.22. The first-order valence-corrected chi connectivity index (χ1v) is 11.5. The average Bonchev–Trinajstić information content (AvgIpc) is 3.56. The summed E-state index contributed by atoms with van der Waals surface area (Å²) in [5.74, 6) is -0.450. The molecule has 1 N–H and O–H groups in total. The molecular weight excluding hydrogens is 464 g/mol. The SMILES string of the molecule is O=C(Nc1nc(-c2ccco2)c(C(=O)c2ccccn2)s1)c1ccn(Cc2ccccc2)c(=O)c1. The molecule has 0 radical (unpaired) electrons. The standard InChI is InChI=1S/C26H18N4O4S/c31-21-15-18(11-13-30(21)16-17-7-2-1-3-8-17)25(33)29-26-28-22(20-10-6-14-34-20)24(35-26)23(32)19-9-4-5-12-27-19/h1-15H,16H2,(H,28,29,33). The van der Waals surface area contributed by atoms with Crippen molar-refractivity contribution in [3.63, 3.8) is 0 Å². The van der Waals surface area contributed by atoms with Gasteiger partial charge < -0.3 is 8.98 Å². The van der Waals surface area contributed by atoms with E-state index >= 15 is 0 Å². The van der Waals surface area contributed by atoms with Gasteiger partial charge in [-0.05, 0) is 35.9 Å². The average molecular weight is 483 g/mol. The summed E-state index contributed by atoms with van der Waals surface area (Å²) in [5, 5.41) is 2.89. The number of pyridine rings is 2. The molecule has 0 spiro atoms. The highest BCUT2D eigenvalue weighted by Crippen LogP contribution is 2.33. The molecular formula is C26H18N4O4S. The van der Waals surface area contributed by atoms with Gasteiger partial charge in [-0.15, -0.1) is 0 Å². The van der Waals surface area contributed by atoms with Crippen molar-refractivity contribution in [1.82, 2.24) is 14.5 Å². The lowest BCUT2D eigenvalue weighted by molar-refractivity contribution is 0.102. The number of nitrogens with zero attached hydrogens (tertiary/aromatic N) is 3. The largest absolute Gasteiger partial charge is 0.463 e. The number of anilines is 1. The molecule has 0 saturated heterocycles. The van der Waals surface area contributed by atoms with E-state index in [1.807, 2.05) is 30.3 Å². The van der Waals surface area contributed by atoms with Crippen molar-refractivity contribution in [2.75, 3.05) is 5.32 Å². The van der Waals surface area contributed by atoms with E-state index in [1.165, 1.54) is 23.1 Å². The van der Waals surface area contributed by atoms with Crippen LogP contribution >= 0.6 is 11.3 Å². The van der Waals surface area contributed by atoms with E-state index in [-0.39, 0.29) is 32.6 Å². The quantitative estimate of drug-likeness (QED) is 0.343. The molecule has 0 atom stereocenters. The Morgan fingerprint density at radius 1 is 1.00 bits per heavy atom. The molecule has 4 heterocycles. The van der Waals surface area contributed by atoms with Crippen LogP contribution in [0.1, 0.15) is 31.3 Å². The normalized spacial score (nSPS) is 10.7. The van der Waals surface area contributed by atoms with Crippen LogP contribution in [0.2, 0.25) is 0 Å². The number of rotatable bonds is 7. The Morgan fingerprint density at radius 3 is 2.54 bits per heavy atom. The van der Waals surface area contributed by atoms with Gasteiger partial charge in [-0.3, -0.25) is 24.7 Å². The molecule has 0 aliphatic rings. The maximum atomic E-state index is 13.1. The second-order valence-electron chi connectivity index (χ2n) is 7.54. The predicted molar refractivity (Wildman–Crippen MR) is 132 cm³/mol. The van der Waals surface area contributed by atoms with Gasteiger partial charge in [0.05, 0.1) is 12.8 Å². The summed E-state index contributed by atoms with van der Waals surface area (Å²) in [5.41, 5.74) is 1.42. The Labute approximate surface area is 203 Å². The monoisotopic (exact) mass is 482 g/mol. The summed E-state index contributed by atoms with van der Waals surface area (Å²) in [6.07, 6.45) is 4.59. The summed E-state index contributed by atoms with van der Waals surface area (Å²) in [7, 11) is 0. The Kier molecular flexibility index (Phi) is 6.15. The van der Waals surface area contributed by atoms with Crippen LogP contribution < -0.4 is 10.9 Å². The highest BCUT2D eigenvalue weighted by molar-refractivity contribution is 7.18. The molecule has 1 aromatic carbocycles. The molecule has 5 aromatic rings. The molecule has 0 fully saturated rings. The van der Waals surface area contributed by atoms with Gasteiger partial charge in [0.15, 0.2) is 10.9 Å². The number of carbonyl (C=O) groups excluding carboxylic acids is 2. The fourth-order valence-electron chi connectivity index (χ4n) is 3.45. The van der Waals surface area contributed by atoms with Crippen LogP contribution in [0.3, 0.4) is 0 Å². The van der Waals surface area contributed by atoms with Crippen LogP contribution in [0.25, 0.3) is 11.5 Å². The van der Waals surface area contributed by atoms with E-state index in [1.54, 1.807) is 42.6 Å². The van der Waals surface area contributed by atoms with E-state index in [0.717, 1.165) is 16.9 Å². The predicted octanol–water partition coefficient (Wildman–Crippen LogP) is 4.49. The number of thiazole rings is 1. The molecule has 0 aliphatic carbocycles. The Balaban J connectivity index is 1.40. The molecule has 0 aliphatic heterocycles. The minimum absolute atomic E-state index is 0.187. The first-order chi connectivity index (χ1) is 17.1. The molecule has 172 valence electrons. The number of nitrogens with one attached hydrogen (secondary N) is 1. The van der Waals surface area contributed by atoms with Crippen LogP contribution in [0.5, 0.6) is 0 Å². The first kappa shape index (κ1) is 22.2. The first-order valence-electron chi connectivity index (χ1n) is 10.6. The smallest absolute Gasteiger partial charge is 0.257 e. The van der Waals surface area contributed by atoms with Gasteiger partial charge in [0.2, 0.25) is 5.78 Å². The van der Waals surface area contributed by atoms with Crippen molar-refractivity contribution in [2.24, 2.45) is 0 Å². The van der Waals surface area contributed by atoms with Crippen molar-refractivity contribution in [3.05, 3.63) is 124 Å². The Bertz CT molecular complexity index is 1540. The maximum absolute atomic E-state index is 13.1. The van der Waals surface area contributed by atoms with Gasteiger partial charge in [-0.2, -0.15) is 0 Å². The van der Waals surface area contributed by atoms with Gasteiger partial charge in [0, 0.05) is 24.0 Å². The van der Waals surface area contributed by atoms with Crippen molar-refractivity contribution in [1.29, 1.82) is 0 Å². The van der Waals surface area contributed by atoms with Crippen LogP contribution in [0, 0.1) is 0 Å². The van der Waals surface area contributed by atoms with Gasteiger partial charge in [0.25, 0.3) is 11.5 Å². The Morgan fingerprint density at radius 2 is 1.83 bits per heavy atom. The van der Waals surface area contributed by atoms with Crippen LogP contribution in [0.15, 0.2) is 101 Å². The molecule has 4 aromatic heterocycles. The van der Waals surface area contributed by atoms with Gasteiger partial charge in [0.1, 0.15) is 16.3 Å². The zero-order valence-corrected chi connectivity index (χ0v) is 19.1. The summed E-state index contributed by atoms with van der Waals surface area (Å²) in [4.78, 5) is 47.3. The van der Waals surface area contributed by atoms with Crippen molar-refractivity contribution >= 4 is 28.2 Å². The third-order valence-electron chi connectivity index (χ3n) is 5.16. The second kappa shape index (κ2) is 9.70. The topological polar surface area (TPSA) is 107 Å². The highest BCUT2D eigenvalue weighted by Gasteiger charge is 2.24. The Hall–Kier alpha value is -4.63. The van der Waals surface area contributed by atoms with E-state index in [2.05, 4.69) is 15.3 Å². The van der Waals surface area contributed by atoms with Gasteiger partial charge in [-0.1, -0.05) is 47.7 Å². The fourth-order valence-corrected chi connectivity index (χ4v) is 4.36. The number of ketones is 1. The number of furan rings is 1. The van der Waals surface area contributed by atoms with Crippen LogP contribution in [-0.2, 0) is 6.54 Å². The number of aromatic nitrogens is 3. The number of amides is 1. The minimum Gasteiger partial charge on any atom is -0.463 e. The number of carbonyl (C=O) groups is 2. The summed E-state index contributed by atoms with van der Waals surface area (Å²) >= 11 is 1.02. The zero-order valence-electron chi connectivity index (χ0n) is 18.3.